The number of guanidine groups is 1. The Morgan fingerprint density at radius 3 is 2.86 bits per heavy atom. The number of nitriles is 1. The van der Waals surface area contributed by atoms with Gasteiger partial charge in [-0.2, -0.15) is 5.26 Å². The fraction of sp³-hybridized carbons (Fsp3) is 0.400. The van der Waals surface area contributed by atoms with Gasteiger partial charge in [-0.1, -0.05) is 0 Å². The lowest BCUT2D eigenvalue weighted by Gasteiger charge is -2.16. The number of nitrogens with zero attached hydrogens (tertiary/aromatic N) is 3. The van der Waals surface area contributed by atoms with Gasteiger partial charge in [0.05, 0.1) is 36.5 Å². The van der Waals surface area contributed by atoms with Crippen LogP contribution in [0.25, 0.3) is 0 Å². The first-order valence-electron chi connectivity index (χ1n) is 9.27. The summed E-state index contributed by atoms with van der Waals surface area (Å²) in [7, 11) is 0. The number of thiazole rings is 1. The molecule has 1 heterocycles. The molecule has 1 aromatic heterocycles. The lowest BCUT2D eigenvalue weighted by molar-refractivity contribution is 0.0531. The molecule has 0 radical (unpaired) electrons. The molecule has 1 atom stereocenters. The van der Waals surface area contributed by atoms with E-state index in [0.29, 0.717) is 45.8 Å². The van der Waals surface area contributed by atoms with Crippen molar-refractivity contribution in [3.05, 3.63) is 50.7 Å². The molecule has 1 unspecified atom stereocenters. The predicted octanol–water partition coefficient (Wildman–Crippen LogP) is 3.46. The Labute approximate surface area is 173 Å². The van der Waals surface area contributed by atoms with Gasteiger partial charge in [0.25, 0.3) is 0 Å². The van der Waals surface area contributed by atoms with Crippen molar-refractivity contribution in [2.24, 2.45) is 4.99 Å². The highest BCUT2D eigenvalue weighted by Crippen LogP contribution is 2.24. The lowest BCUT2D eigenvalue weighted by Crippen LogP contribution is -2.38. The van der Waals surface area contributed by atoms with Crippen molar-refractivity contribution in [1.29, 1.82) is 5.26 Å². The first-order valence-corrected chi connectivity index (χ1v) is 10.1. The molecule has 0 amide bonds. The van der Waals surface area contributed by atoms with Crippen LogP contribution in [0.15, 0.2) is 23.2 Å². The summed E-state index contributed by atoms with van der Waals surface area (Å²) in [5.74, 6) is -0.312. The molecule has 0 fully saturated rings. The third-order valence-corrected chi connectivity index (χ3v) is 5.24. The molecule has 0 aliphatic rings. The van der Waals surface area contributed by atoms with Crippen LogP contribution in [0.3, 0.4) is 0 Å². The Hall–Kier alpha value is -2.99. The van der Waals surface area contributed by atoms with Gasteiger partial charge >= 0.3 is 5.97 Å². The zero-order chi connectivity index (χ0) is 21.4. The summed E-state index contributed by atoms with van der Waals surface area (Å²) < 4.78 is 19.0. The number of rotatable bonds is 7. The average molecular weight is 418 g/mol. The van der Waals surface area contributed by atoms with E-state index in [0.717, 1.165) is 0 Å². The van der Waals surface area contributed by atoms with E-state index in [1.54, 1.807) is 13.8 Å². The van der Waals surface area contributed by atoms with E-state index in [4.69, 9.17) is 10.00 Å². The monoisotopic (exact) mass is 417 g/mol. The summed E-state index contributed by atoms with van der Waals surface area (Å²) in [6.45, 7) is 8.34. The zero-order valence-corrected chi connectivity index (χ0v) is 17.7. The van der Waals surface area contributed by atoms with Crippen molar-refractivity contribution in [2.75, 3.05) is 13.2 Å². The highest BCUT2D eigenvalue weighted by molar-refractivity contribution is 7.13. The Kier molecular flexibility index (Phi) is 8.09. The molecular weight excluding hydrogens is 393 g/mol. The van der Waals surface area contributed by atoms with Crippen LogP contribution in [0.2, 0.25) is 0 Å². The Morgan fingerprint density at radius 2 is 2.21 bits per heavy atom. The van der Waals surface area contributed by atoms with Gasteiger partial charge in [-0.15, -0.1) is 11.3 Å². The number of esters is 1. The van der Waals surface area contributed by atoms with Gasteiger partial charge in [0.2, 0.25) is 0 Å². The van der Waals surface area contributed by atoms with E-state index in [-0.39, 0.29) is 18.6 Å². The number of benzene rings is 1. The quantitative estimate of drug-likeness (QED) is 0.407. The van der Waals surface area contributed by atoms with Crippen LogP contribution < -0.4 is 10.6 Å². The van der Waals surface area contributed by atoms with Gasteiger partial charge in [0, 0.05) is 12.1 Å². The van der Waals surface area contributed by atoms with Crippen LogP contribution in [0.4, 0.5) is 4.39 Å². The Morgan fingerprint density at radius 1 is 1.45 bits per heavy atom. The number of nitrogens with one attached hydrogen (secondary N) is 2. The number of carbonyl (C=O) groups is 1. The number of carbonyl (C=O) groups excluding carboxylic acids is 1. The summed E-state index contributed by atoms with van der Waals surface area (Å²) in [5, 5.41) is 16.0. The number of aryl methyl sites for hydroxylation is 1. The minimum atomic E-state index is -0.411. The van der Waals surface area contributed by atoms with Crippen LogP contribution in [0, 0.1) is 24.1 Å². The van der Waals surface area contributed by atoms with Gasteiger partial charge in [-0.25, -0.2) is 19.2 Å². The van der Waals surface area contributed by atoms with E-state index in [2.05, 4.69) is 20.6 Å². The Bertz CT molecular complexity index is 935. The van der Waals surface area contributed by atoms with Crippen LogP contribution in [0.5, 0.6) is 0 Å². The number of hydrogen-bond acceptors (Lipinski definition) is 6. The largest absolute Gasteiger partial charge is 0.462 e. The van der Waals surface area contributed by atoms with Crippen molar-refractivity contribution >= 4 is 23.3 Å². The van der Waals surface area contributed by atoms with Crippen molar-refractivity contribution in [2.45, 2.75) is 40.3 Å². The van der Waals surface area contributed by atoms with Gasteiger partial charge in [-0.3, -0.25) is 0 Å². The maximum atomic E-state index is 14.0. The fourth-order valence-electron chi connectivity index (χ4n) is 2.51. The third kappa shape index (κ3) is 5.99. The van der Waals surface area contributed by atoms with Gasteiger partial charge in [-0.05, 0) is 45.9 Å². The van der Waals surface area contributed by atoms with E-state index in [9.17, 15) is 9.18 Å². The minimum absolute atomic E-state index is 0.0778. The van der Waals surface area contributed by atoms with Crippen LogP contribution >= 0.6 is 11.3 Å². The minimum Gasteiger partial charge on any atom is -0.462 e. The summed E-state index contributed by atoms with van der Waals surface area (Å²) >= 11 is 1.27. The standard InChI is InChI=1S/C20H24FN5O2S/c1-5-23-20(24-11-15-9-14(10-22)7-8-16(15)21)26-13(4)18-25-12(3)17(29-18)19(27)28-6-2/h7-9,13H,5-6,11H2,1-4H3,(H2,23,24,26). The summed E-state index contributed by atoms with van der Waals surface area (Å²) in [5.41, 5.74) is 1.34. The molecule has 0 spiro atoms. The molecule has 29 heavy (non-hydrogen) atoms. The smallest absolute Gasteiger partial charge is 0.350 e. The second-order valence-corrected chi connectivity index (χ2v) is 7.20. The van der Waals surface area contributed by atoms with Gasteiger partial charge in [0.15, 0.2) is 5.96 Å². The van der Waals surface area contributed by atoms with Crippen molar-refractivity contribution in [1.82, 2.24) is 15.6 Å². The Balaban J connectivity index is 2.16. The first kappa shape index (κ1) is 22.3. The molecule has 154 valence electrons. The third-order valence-electron chi connectivity index (χ3n) is 3.92. The van der Waals surface area contributed by atoms with Crippen molar-refractivity contribution < 1.29 is 13.9 Å². The van der Waals surface area contributed by atoms with Gasteiger partial charge < -0.3 is 15.4 Å². The van der Waals surface area contributed by atoms with Crippen LogP contribution in [0.1, 0.15) is 58.3 Å². The summed E-state index contributed by atoms with van der Waals surface area (Å²) in [4.78, 5) is 21.4. The number of hydrogen-bond donors (Lipinski definition) is 2. The SMILES string of the molecule is CCNC(=NCc1cc(C#N)ccc1F)NC(C)c1nc(C)c(C(=O)OCC)s1. The number of ether oxygens (including phenoxy) is 1. The fourth-order valence-corrected chi connectivity index (χ4v) is 3.47. The molecule has 7 nitrogen and oxygen atoms in total. The molecular formula is C20H24FN5O2S. The lowest BCUT2D eigenvalue weighted by atomic mass is 10.1. The maximum absolute atomic E-state index is 14.0. The molecule has 0 saturated carbocycles. The molecule has 2 rings (SSSR count). The molecule has 0 saturated heterocycles. The highest BCUT2D eigenvalue weighted by atomic mass is 32.1. The number of aliphatic imine (C=N–C) groups is 1. The first-order chi connectivity index (χ1) is 13.9. The van der Waals surface area contributed by atoms with E-state index in [1.807, 2.05) is 19.9 Å². The highest BCUT2D eigenvalue weighted by Gasteiger charge is 2.20. The molecule has 2 aromatic rings. The van der Waals surface area contributed by atoms with E-state index >= 15 is 0 Å². The van der Waals surface area contributed by atoms with Crippen molar-refractivity contribution in [3.63, 3.8) is 0 Å². The van der Waals surface area contributed by atoms with Crippen LogP contribution in [-0.2, 0) is 11.3 Å². The number of aromatic nitrogens is 1. The summed E-state index contributed by atoms with van der Waals surface area (Å²) in [6, 6.07) is 5.95. The number of halogens is 1. The molecule has 0 bridgehead atoms. The average Bonchev–Trinajstić information content (AvgIpc) is 3.09. The second-order valence-electron chi connectivity index (χ2n) is 6.17. The van der Waals surface area contributed by atoms with Gasteiger partial charge in [0.1, 0.15) is 15.7 Å². The second kappa shape index (κ2) is 10.5. The van der Waals surface area contributed by atoms with E-state index < -0.39 is 5.82 Å². The van der Waals surface area contributed by atoms with E-state index in [1.165, 1.54) is 29.5 Å². The molecule has 9 heteroatoms. The predicted molar refractivity (Wildman–Crippen MR) is 110 cm³/mol. The molecule has 0 aliphatic carbocycles. The van der Waals surface area contributed by atoms with Crippen molar-refractivity contribution in [3.8, 4) is 6.07 Å². The maximum Gasteiger partial charge on any atom is 0.350 e. The summed E-state index contributed by atoms with van der Waals surface area (Å²) in [6.07, 6.45) is 0. The topological polar surface area (TPSA) is 99.4 Å². The molecule has 0 aliphatic heterocycles. The van der Waals surface area contributed by atoms with Crippen LogP contribution in [-0.4, -0.2) is 30.1 Å². The molecule has 2 N–H and O–H groups in total. The zero-order valence-electron chi connectivity index (χ0n) is 16.9. The molecule has 1 aromatic carbocycles. The normalized spacial score (nSPS) is 12.2.